The van der Waals surface area contributed by atoms with E-state index in [1.165, 1.54) is 0 Å². The molecule has 0 radical (unpaired) electrons. The van der Waals surface area contributed by atoms with E-state index in [0.717, 1.165) is 13.0 Å². The molecule has 0 aliphatic heterocycles. The van der Waals surface area contributed by atoms with Crippen LogP contribution < -0.4 is 5.32 Å². The van der Waals surface area contributed by atoms with Gasteiger partial charge in [0, 0.05) is 13.2 Å². The maximum atomic E-state index is 11.5. The summed E-state index contributed by atoms with van der Waals surface area (Å²) >= 11 is 0. The van der Waals surface area contributed by atoms with Gasteiger partial charge in [-0.2, -0.15) is 0 Å². The van der Waals surface area contributed by atoms with Crippen LogP contribution in [0, 0.1) is 0 Å². The molecule has 4 nitrogen and oxygen atoms in total. The Labute approximate surface area is 92.3 Å². The van der Waals surface area contributed by atoms with Crippen molar-refractivity contribution < 1.29 is 14.3 Å². The zero-order valence-corrected chi connectivity index (χ0v) is 10.0. The van der Waals surface area contributed by atoms with Crippen molar-refractivity contribution >= 4 is 5.97 Å². The van der Waals surface area contributed by atoms with Gasteiger partial charge in [0.25, 0.3) is 0 Å². The summed E-state index contributed by atoms with van der Waals surface area (Å²) in [7, 11) is 0. The van der Waals surface area contributed by atoms with Gasteiger partial charge >= 0.3 is 5.97 Å². The number of nitrogens with one attached hydrogen (secondary N) is 1. The fourth-order valence-electron chi connectivity index (χ4n) is 1.21. The summed E-state index contributed by atoms with van der Waals surface area (Å²) in [5.41, 5.74) is 0. The lowest BCUT2D eigenvalue weighted by atomic mass is 10.2. The lowest BCUT2D eigenvalue weighted by Gasteiger charge is -2.16. The van der Waals surface area contributed by atoms with E-state index in [1.807, 2.05) is 13.8 Å². The van der Waals surface area contributed by atoms with Gasteiger partial charge < -0.3 is 14.8 Å². The van der Waals surface area contributed by atoms with E-state index in [0.29, 0.717) is 26.2 Å². The van der Waals surface area contributed by atoms with Crippen molar-refractivity contribution in [3.05, 3.63) is 0 Å². The van der Waals surface area contributed by atoms with Gasteiger partial charge in [0.05, 0.1) is 6.61 Å². The maximum Gasteiger partial charge on any atom is 0.323 e. The number of esters is 1. The van der Waals surface area contributed by atoms with Crippen LogP contribution in [0.1, 0.15) is 33.6 Å². The second-order valence-electron chi connectivity index (χ2n) is 3.24. The molecular formula is C11H23NO3. The molecule has 0 saturated heterocycles. The van der Waals surface area contributed by atoms with Crippen molar-refractivity contribution in [3.8, 4) is 0 Å². The van der Waals surface area contributed by atoms with Crippen molar-refractivity contribution in [3.63, 3.8) is 0 Å². The molecule has 1 atom stereocenters. The maximum absolute atomic E-state index is 11.5. The fourth-order valence-corrected chi connectivity index (χ4v) is 1.21. The molecule has 1 N–H and O–H groups in total. The van der Waals surface area contributed by atoms with Crippen LogP contribution in [0.2, 0.25) is 0 Å². The topological polar surface area (TPSA) is 47.6 Å². The van der Waals surface area contributed by atoms with E-state index < -0.39 is 0 Å². The number of carbonyl (C=O) groups is 1. The molecule has 0 rings (SSSR count). The van der Waals surface area contributed by atoms with Crippen molar-refractivity contribution in [2.45, 2.75) is 39.7 Å². The molecule has 0 aliphatic carbocycles. The SMILES string of the molecule is CCCNC(CCOCC)C(=O)OCC. The molecule has 0 aromatic carbocycles. The normalized spacial score (nSPS) is 12.5. The molecule has 0 aliphatic rings. The summed E-state index contributed by atoms with van der Waals surface area (Å²) in [5, 5.41) is 3.16. The highest BCUT2D eigenvalue weighted by Crippen LogP contribution is 1.97. The van der Waals surface area contributed by atoms with Gasteiger partial charge in [-0.05, 0) is 33.2 Å². The second kappa shape index (κ2) is 9.93. The summed E-state index contributed by atoms with van der Waals surface area (Å²) in [6.07, 6.45) is 1.68. The first-order chi connectivity index (χ1) is 7.26. The lowest BCUT2D eigenvalue weighted by Crippen LogP contribution is -2.39. The third-order valence-electron chi connectivity index (χ3n) is 1.97. The molecule has 0 aromatic rings. The molecule has 4 heteroatoms. The van der Waals surface area contributed by atoms with Gasteiger partial charge in [-0.3, -0.25) is 4.79 Å². The van der Waals surface area contributed by atoms with Crippen LogP contribution in [0.15, 0.2) is 0 Å². The van der Waals surface area contributed by atoms with Crippen LogP contribution in [0.25, 0.3) is 0 Å². The third-order valence-corrected chi connectivity index (χ3v) is 1.97. The highest BCUT2D eigenvalue weighted by molar-refractivity contribution is 5.75. The first kappa shape index (κ1) is 14.4. The van der Waals surface area contributed by atoms with E-state index in [4.69, 9.17) is 9.47 Å². The molecule has 90 valence electrons. The first-order valence-electron chi connectivity index (χ1n) is 5.73. The summed E-state index contributed by atoms with van der Waals surface area (Å²) in [5.74, 6) is -0.175. The molecule has 1 unspecified atom stereocenters. The number of hydrogen-bond donors (Lipinski definition) is 1. The van der Waals surface area contributed by atoms with Gasteiger partial charge in [-0.15, -0.1) is 0 Å². The molecule has 0 saturated carbocycles. The molecule has 0 amide bonds. The Morgan fingerprint density at radius 1 is 1.27 bits per heavy atom. The van der Waals surface area contributed by atoms with Gasteiger partial charge in [-0.1, -0.05) is 6.92 Å². The van der Waals surface area contributed by atoms with Crippen LogP contribution in [-0.4, -0.2) is 38.4 Å². The summed E-state index contributed by atoms with van der Waals surface area (Å²) in [6.45, 7) is 8.36. The highest BCUT2D eigenvalue weighted by atomic mass is 16.5. The summed E-state index contributed by atoms with van der Waals surface area (Å²) in [4.78, 5) is 11.5. The van der Waals surface area contributed by atoms with Gasteiger partial charge in [0.1, 0.15) is 6.04 Å². The second-order valence-corrected chi connectivity index (χ2v) is 3.24. The van der Waals surface area contributed by atoms with Gasteiger partial charge in [0.15, 0.2) is 0 Å². The lowest BCUT2D eigenvalue weighted by molar-refractivity contribution is -0.146. The Kier molecular flexibility index (Phi) is 9.52. The van der Waals surface area contributed by atoms with E-state index in [1.54, 1.807) is 0 Å². The molecular weight excluding hydrogens is 194 g/mol. The quantitative estimate of drug-likeness (QED) is 0.468. The molecule has 0 bridgehead atoms. The number of carbonyl (C=O) groups excluding carboxylic acids is 1. The average Bonchev–Trinajstić information content (AvgIpc) is 2.23. The van der Waals surface area contributed by atoms with Crippen LogP contribution in [0.4, 0.5) is 0 Å². The van der Waals surface area contributed by atoms with E-state index in [-0.39, 0.29) is 12.0 Å². The number of hydrogen-bond acceptors (Lipinski definition) is 4. The van der Waals surface area contributed by atoms with Gasteiger partial charge in [0.2, 0.25) is 0 Å². The van der Waals surface area contributed by atoms with Crippen molar-refractivity contribution in [2.24, 2.45) is 0 Å². The molecule has 0 aromatic heterocycles. The average molecular weight is 217 g/mol. The highest BCUT2D eigenvalue weighted by Gasteiger charge is 2.17. The Balaban J connectivity index is 3.87. The number of ether oxygens (including phenoxy) is 2. The van der Waals surface area contributed by atoms with Crippen molar-refractivity contribution in [2.75, 3.05) is 26.4 Å². The Bertz CT molecular complexity index is 162. The summed E-state index contributed by atoms with van der Waals surface area (Å²) < 4.78 is 10.2. The fraction of sp³-hybridized carbons (Fsp3) is 0.909. The molecule has 0 fully saturated rings. The Morgan fingerprint density at radius 2 is 2.00 bits per heavy atom. The third kappa shape index (κ3) is 7.33. The standard InChI is InChI=1S/C11H23NO3/c1-4-8-12-10(7-9-14-5-2)11(13)15-6-3/h10,12H,4-9H2,1-3H3. The molecule has 0 heterocycles. The minimum atomic E-state index is -0.226. The zero-order chi connectivity index (χ0) is 11.5. The molecule has 15 heavy (non-hydrogen) atoms. The Morgan fingerprint density at radius 3 is 2.53 bits per heavy atom. The van der Waals surface area contributed by atoms with E-state index in [9.17, 15) is 4.79 Å². The predicted octanol–water partition coefficient (Wildman–Crippen LogP) is 1.34. The summed E-state index contributed by atoms with van der Waals surface area (Å²) in [6, 6.07) is -0.226. The largest absolute Gasteiger partial charge is 0.465 e. The zero-order valence-electron chi connectivity index (χ0n) is 10.0. The van der Waals surface area contributed by atoms with Crippen LogP contribution in [0.5, 0.6) is 0 Å². The monoisotopic (exact) mass is 217 g/mol. The van der Waals surface area contributed by atoms with E-state index in [2.05, 4.69) is 12.2 Å². The predicted molar refractivity (Wildman–Crippen MR) is 59.8 cm³/mol. The van der Waals surface area contributed by atoms with Crippen molar-refractivity contribution in [1.29, 1.82) is 0 Å². The first-order valence-corrected chi connectivity index (χ1v) is 5.73. The van der Waals surface area contributed by atoms with Crippen LogP contribution in [0.3, 0.4) is 0 Å². The molecule has 0 spiro atoms. The van der Waals surface area contributed by atoms with Gasteiger partial charge in [-0.25, -0.2) is 0 Å². The Hall–Kier alpha value is -0.610. The minimum Gasteiger partial charge on any atom is -0.465 e. The van der Waals surface area contributed by atoms with Crippen LogP contribution in [-0.2, 0) is 14.3 Å². The minimum absolute atomic E-state index is 0.175. The number of rotatable bonds is 9. The smallest absolute Gasteiger partial charge is 0.323 e. The van der Waals surface area contributed by atoms with E-state index >= 15 is 0 Å². The van der Waals surface area contributed by atoms with Crippen LogP contribution >= 0.6 is 0 Å². The van der Waals surface area contributed by atoms with Crippen molar-refractivity contribution in [1.82, 2.24) is 5.32 Å².